The molecule has 0 amide bonds. The maximum Gasteiger partial charge on any atom is 0.0936 e. The summed E-state index contributed by atoms with van der Waals surface area (Å²) in [7, 11) is 1.75. The van der Waals surface area contributed by atoms with Gasteiger partial charge in [-0.2, -0.15) is 0 Å². The Kier molecular flexibility index (Phi) is 4.90. The molecule has 0 aromatic carbocycles. The van der Waals surface area contributed by atoms with Crippen LogP contribution in [0.1, 0.15) is 58.3 Å². The zero-order valence-corrected chi connectivity index (χ0v) is 9.59. The van der Waals surface area contributed by atoms with Gasteiger partial charge in [0.25, 0.3) is 0 Å². The predicted molar refractivity (Wildman–Crippen MR) is 58.4 cm³/mol. The summed E-state index contributed by atoms with van der Waals surface area (Å²) in [6.07, 6.45) is 8.67. The van der Waals surface area contributed by atoms with Crippen molar-refractivity contribution in [2.45, 2.75) is 70.0 Å². The normalized spacial score (nSPS) is 23.4. The van der Waals surface area contributed by atoms with Crippen molar-refractivity contribution < 1.29 is 9.84 Å². The second-order valence-electron chi connectivity index (χ2n) is 4.49. The van der Waals surface area contributed by atoms with Crippen LogP contribution in [0.2, 0.25) is 0 Å². The van der Waals surface area contributed by atoms with Crippen molar-refractivity contribution in [3.8, 4) is 0 Å². The number of aliphatic hydroxyl groups is 1. The first-order valence-electron chi connectivity index (χ1n) is 5.98. The maximum absolute atomic E-state index is 10.1. The monoisotopic (exact) mass is 200 g/mol. The van der Waals surface area contributed by atoms with Gasteiger partial charge in [0.05, 0.1) is 11.7 Å². The number of aliphatic hydroxyl groups excluding tert-OH is 1. The summed E-state index contributed by atoms with van der Waals surface area (Å²) in [6, 6.07) is 0. The van der Waals surface area contributed by atoms with Crippen molar-refractivity contribution >= 4 is 0 Å². The third kappa shape index (κ3) is 2.71. The molecule has 1 saturated carbocycles. The van der Waals surface area contributed by atoms with Crippen LogP contribution in [-0.4, -0.2) is 23.9 Å². The molecule has 1 rings (SSSR count). The highest BCUT2D eigenvalue weighted by Crippen LogP contribution is 2.35. The van der Waals surface area contributed by atoms with Crippen molar-refractivity contribution in [1.29, 1.82) is 0 Å². The van der Waals surface area contributed by atoms with Gasteiger partial charge in [0.15, 0.2) is 0 Å². The van der Waals surface area contributed by atoms with E-state index >= 15 is 0 Å². The Labute approximate surface area is 87.7 Å². The highest BCUT2D eigenvalue weighted by Gasteiger charge is 2.38. The lowest BCUT2D eigenvalue weighted by atomic mass is 9.79. The Bertz CT molecular complexity index is 150. The first kappa shape index (κ1) is 12.0. The highest BCUT2D eigenvalue weighted by molar-refractivity contribution is 4.90. The lowest BCUT2D eigenvalue weighted by molar-refractivity contribution is -0.125. The molecule has 14 heavy (non-hydrogen) atoms. The zero-order valence-electron chi connectivity index (χ0n) is 9.59. The summed E-state index contributed by atoms with van der Waals surface area (Å²) in [5, 5.41) is 10.1. The SMILES string of the molecule is CCCCC(O)C1(OC)CCCCC1. The molecule has 0 aliphatic heterocycles. The largest absolute Gasteiger partial charge is 0.390 e. The van der Waals surface area contributed by atoms with Crippen LogP contribution < -0.4 is 0 Å². The van der Waals surface area contributed by atoms with E-state index < -0.39 is 0 Å². The molecule has 1 aliphatic rings. The van der Waals surface area contributed by atoms with Gasteiger partial charge in [0.2, 0.25) is 0 Å². The molecule has 0 aromatic heterocycles. The standard InChI is InChI=1S/C12H24O2/c1-3-4-8-11(13)12(14-2)9-6-5-7-10-12/h11,13H,3-10H2,1-2H3. The fourth-order valence-corrected chi connectivity index (χ4v) is 2.48. The van der Waals surface area contributed by atoms with Gasteiger partial charge in [0.1, 0.15) is 0 Å². The molecule has 84 valence electrons. The highest BCUT2D eigenvalue weighted by atomic mass is 16.5. The van der Waals surface area contributed by atoms with Gasteiger partial charge in [-0.3, -0.25) is 0 Å². The fourth-order valence-electron chi connectivity index (χ4n) is 2.48. The van der Waals surface area contributed by atoms with Crippen molar-refractivity contribution in [1.82, 2.24) is 0 Å². The van der Waals surface area contributed by atoms with Gasteiger partial charge < -0.3 is 9.84 Å². The summed E-state index contributed by atoms with van der Waals surface area (Å²) >= 11 is 0. The number of methoxy groups -OCH3 is 1. The number of ether oxygens (including phenoxy) is 1. The number of rotatable bonds is 5. The van der Waals surface area contributed by atoms with Gasteiger partial charge in [-0.25, -0.2) is 0 Å². The predicted octanol–water partition coefficient (Wildman–Crippen LogP) is 2.89. The minimum atomic E-state index is -0.257. The van der Waals surface area contributed by atoms with Gasteiger partial charge in [-0.05, 0) is 19.3 Å². The van der Waals surface area contributed by atoms with E-state index in [-0.39, 0.29) is 11.7 Å². The first-order chi connectivity index (χ1) is 6.75. The summed E-state index contributed by atoms with van der Waals surface area (Å²) in [5.74, 6) is 0. The third-order valence-corrected chi connectivity index (χ3v) is 3.54. The van der Waals surface area contributed by atoms with Crippen LogP contribution >= 0.6 is 0 Å². The van der Waals surface area contributed by atoms with E-state index in [1.54, 1.807) is 7.11 Å². The molecule has 1 N–H and O–H groups in total. The second-order valence-corrected chi connectivity index (χ2v) is 4.49. The van der Waals surface area contributed by atoms with Crippen molar-refractivity contribution in [2.75, 3.05) is 7.11 Å². The average molecular weight is 200 g/mol. The second kappa shape index (κ2) is 5.72. The van der Waals surface area contributed by atoms with E-state index in [2.05, 4.69) is 6.92 Å². The molecule has 0 radical (unpaired) electrons. The summed E-state index contributed by atoms with van der Waals surface area (Å²) < 4.78 is 5.59. The van der Waals surface area contributed by atoms with Gasteiger partial charge in [-0.1, -0.05) is 39.0 Å². The van der Waals surface area contributed by atoms with Crippen LogP contribution in [0.25, 0.3) is 0 Å². The number of hydrogen-bond acceptors (Lipinski definition) is 2. The lowest BCUT2D eigenvalue weighted by Gasteiger charge is -2.40. The molecule has 0 spiro atoms. The summed E-state index contributed by atoms with van der Waals surface area (Å²) in [4.78, 5) is 0. The topological polar surface area (TPSA) is 29.5 Å². The molecule has 2 nitrogen and oxygen atoms in total. The van der Waals surface area contributed by atoms with Crippen molar-refractivity contribution in [3.05, 3.63) is 0 Å². The smallest absolute Gasteiger partial charge is 0.0936 e. The first-order valence-corrected chi connectivity index (χ1v) is 5.98. The van der Waals surface area contributed by atoms with E-state index in [1.165, 1.54) is 19.3 Å². The molecule has 0 saturated heterocycles. The van der Waals surface area contributed by atoms with Crippen LogP contribution in [0.15, 0.2) is 0 Å². The Morgan fingerprint density at radius 3 is 2.43 bits per heavy atom. The van der Waals surface area contributed by atoms with Crippen LogP contribution in [0.3, 0.4) is 0 Å². The molecule has 0 aromatic rings. The number of unbranched alkanes of at least 4 members (excludes halogenated alkanes) is 1. The van der Waals surface area contributed by atoms with Gasteiger partial charge in [-0.15, -0.1) is 0 Å². The van der Waals surface area contributed by atoms with Gasteiger partial charge in [0, 0.05) is 7.11 Å². The third-order valence-electron chi connectivity index (χ3n) is 3.54. The van der Waals surface area contributed by atoms with E-state index in [0.717, 1.165) is 32.1 Å². The Hall–Kier alpha value is -0.0800. The lowest BCUT2D eigenvalue weighted by Crippen LogP contribution is -2.45. The van der Waals surface area contributed by atoms with E-state index in [0.29, 0.717) is 0 Å². The maximum atomic E-state index is 10.1. The minimum absolute atomic E-state index is 0.215. The average Bonchev–Trinajstić information content (AvgIpc) is 2.26. The molecule has 2 heteroatoms. The van der Waals surface area contributed by atoms with Crippen molar-refractivity contribution in [3.63, 3.8) is 0 Å². The molecule has 1 fully saturated rings. The number of hydrogen-bond donors (Lipinski definition) is 1. The van der Waals surface area contributed by atoms with Crippen LogP contribution in [0.4, 0.5) is 0 Å². The van der Waals surface area contributed by atoms with Crippen LogP contribution in [0, 0.1) is 0 Å². The molecular weight excluding hydrogens is 176 g/mol. The van der Waals surface area contributed by atoms with Crippen LogP contribution in [-0.2, 0) is 4.74 Å². The van der Waals surface area contributed by atoms with Gasteiger partial charge >= 0.3 is 0 Å². The summed E-state index contributed by atoms with van der Waals surface area (Å²) in [6.45, 7) is 2.16. The van der Waals surface area contributed by atoms with E-state index in [1.807, 2.05) is 0 Å². The Morgan fingerprint density at radius 1 is 1.29 bits per heavy atom. The Balaban J connectivity index is 2.48. The molecule has 1 aliphatic carbocycles. The van der Waals surface area contributed by atoms with E-state index in [9.17, 15) is 5.11 Å². The molecule has 1 unspecified atom stereocenters. The van der Waals surface area contributed by atoms with Crippen molar-refractivity contribution in [2.24, 2.45) is 0 Å². The van der Waals surface area contributed by atoms with E-state index in [4.69, 9.17) is 4.74 Å². The quantitative estimate of drug-likeness (QED) is 0.739. The molecular formula is C12H24O2. The van der Waals surface area contributed by atoms with Crippen LogP contribution in [0.5, 0.6) is 0 Å². The zero-order chi connectivity index (χ0) is 10.4. The fraction of sp³-hybridized carbons (Fsp3) is 1.00. The minimum Gasteiger partial charge on any atom is -0.390 e. The molecule has 0 heterocycles. The summed E-state index contributed by atoms with van der Waals surface area (Å²) in [5.41, 5.74) is -0.215. The molecule has 1 atom stereocenters. The molecule has 0 bridgehead atoms. The Morgan fingerprint density at radius 2 is 1.93 bits per heavy atom.